The molecule has 0 N–H and O–H groups in total. The number of aromatic nitrogens is 1. The molecule has 1 aromatic carbocycles. The number of carbonyl (C=O) groups excluding carboxylic acids is 1. The van der Waals surface area contributed by atoms with Crippen LogP contribution in [0.1, 0.15) is 5.56 Å². The van der Waals surface area contributed by atoms with Crippen molar-refractivity contribution < 1.29 is 9.18 Å². The van der Waals surface area contributed by atoms with Gasteiger partial charge >= 0.3 is 0 Å². The lowest BCUT2D eigenvalue weighted by Crippen LogP contribution is -2.48. The van der Waals surface area contributed by atoms with Gasteiger partial charge in [-0.05, 0) is 36.4 Å². The van der Waals surface area contributed by atoms with Gasteiger partial charge in [-0.25, -0.2) is 9.37 Å². The Morgan fingerprint density at radius 2 is 1.78 bits per heavy atom. The second kappa shape index (κ2) is 6.93. The standard InChI is InChI=1S/C18H16FN3O/c19-16-7-4-15(5-8-16)6-9-18(23)22-13-11-21(12-14-22)17-3-1-2-10-20-17/h1-5,7-8,10H,11-14H2. The average Bonchev–Trinajstić information content (AvgIpc) is 2.62. The van der Waals surface area contributed by atoms with Crippen molar-refractivity contribution in [2.45, 2.75) is 0 Å². The number of amides is 1. The smallest absolute Gasteiger partial charge is 0.298 e. The molecule has 1 aromatic heterocycles. The highest BCUT2D eigenvalue weighted by atomic mass is 19.1. The Labute approximate surface area is 134 Å². The van der Waals surface area contributed by atoms with Gasteiger partial charge in [0.25, 0.3) is 5.91 Å². The molecule has 1 aliphatic heterocycles. The summed E-state index contributed by atoms with van der Waals surface area (Å²) in [5.74, 6) is 5.82. The summed E-state index contributed by atoms with van der Waals surface area (Å²) in [6.07, 6.45) is 1.76. The van der Waals surface area contributed by atoms with Crippen LogP contribution >= 0.6 is 0 Å². The Morgan fingerprint density at radius 1 is 1.04 bits per heavy atom. The molecule has 0 atom stereocenters. The molecule has 3 rings (SSSR count). The molecular formula is C18H16FN3O. The Bertz CT molecular complexity index is 726. The highest BCUT2D eigenvalue weighted by molar-refractivity contribution is 5.94. The average molecular weight is 309 g/mol. The lowest BCUT2D eigenvalue weighted by molar-refractivity contribution is -0.125. The van der Waals surface area contributed by atoms with E-state index in [4.69, 9.17) is 0 Å². The summed E-state index contributed by atoms with van der Waals surface area (Å²) in [4.78, 5) is 20.3. The van der Waals surface area contributed by atoms with Gasteiger partial charge in [0.15, 0.2) is 0 Å². The molecular weight excluding hydrogens is 293 g/mol. The molecule has 0 spiro atoms. The third kappa shape index (κ3) is 3.86. The number of rotatable bonds is 1. The Balaban J connectivity index is 1.57. The van der Waals surface area contributed by atoms with Crippen LogP contribution in [0.3, 0.4) is 0 Å². The Kier molecular flexibility index (Phi) is 4.53. The molecule has 1 fully saturated rings. The molecule has 1 saturated heterocycles. The predicted octanol–water partition coefficient (Wildman–Crippen LogP) is 1.92. The first kappa shape index (κ1) is 15.0. The van der Waals surface area contributed by atoms with E-state index in [1.807, 2.05) is 18.2 Å². The SMILES string of the molecule is O=C(C#Cc1ccc(F)cc1)N1CCN(c2ccccn2)CC1. The van der Waals surface area contributed by atoms with Crippen LogP contribution in [0, 0.1) is 17.7 Å². The van der Waals surface area contributed by atoms with Crippen molar-refractivity contribution in [1.82, 2.24) is 9.88 Å². The highest BCUT2D eigenvalue weighted by Crippen LogP contribution is 2.12. The highest BCUT2D eigenvalue weighted by Gasteiger charge is 2.20. The fourth-order valence-electron chi connectivity index (χ4n) is 2.42. The molecule has 2 aromatic rings. The number of carbonyl (C=O) groups is 1. The lowest BCUT2D eigenvalue weighted by Gasteiger charge is -2.34. The number of piperazine rings is 1. The van der Waals surface area contributed by atoms with Gasteiger partial charge in [0.1, 0.15) is 11.6 Å². The minimum absolute atomic E-state index is 0.199. The van der Waals surface area contributed by atoms with Crippen molar-refractivity contribution in [3.05, 3.63) is 60.0 Å². The third-order valence-corrected chi connectivity index (χ3v) is 3.70. The van der Waals surface area contributed by atoms with Crippen molar-refractivity contribution >= 4 is 11.7 Å². The predicted molar refractivity (Wildman–Crippen MR) is 86.3 cm³/mol. The minimum Gasteiger partial charge on any atom is -0.353 e. The second-order valence-corrected chi connectivity index (χ2v) is 5.22. The maximum Gasteiger partial charge on any atom is 0.298 e. The van der Waals surface area contributed by atoms with Crippen LogP contribution in [0.25, 0.3) is 0 Å². The summed E-state index contributed by atoms with van der Waals surface area (Å²) in [5.41, 5.74) is 0.631. The molecule has 1 aliphatic rings. The van der Waals surface area contributed by atoms with Crippen molar-refractivity contribution in [3.8, 4) is 11.8 Å². The molecule has 23 heavy (non-hydrogen) atoms. The topological polar surface area (TPSA) is 36.4 Å². The first-order valence-corrected chi connectivity index (χ1v) is 7.45. The zero-order chi connectivity index (χ0) is 16.1. The fourth-order valence-corrected chi connectivity index (χ4v) is 2.42. The van der Waals surface area contributed by atoms with E-state index in [1.165, 1.54) is 12.1 Å². The van der Waals surface area contributed by atoms with Gasteiger partial charge in [-0.15, -0.1) is 0 Å². The van der Waals surface area contributed by atoms with Crippen LogP contribution < -0.4 is 4.90 Å². The Morgan fingerprint density at radius 3 is 2.43 bits per heavy atom. The molecule has 0 radical (unpaired) electrons. The van der Waals surface area contributed by atoms with E-state index >= 15 is 0 Å². The van der Waals surface area contributed by atoms with Crippen LogP contribution in [0.2, 0.25) is 0 Å². The zero-order valence-electron chi connectivity index (χ0n) is 12.6. The van der Waals surface area contributed by atoms with Gasteiger partial charge in [-0.3, -0.25) is 4.79 Å². The largest absolute Gasteiger partial charge is 0.353 e. The maximum atomic E-state index is 12.8. The summed E-state index contributed by atoms with van der Waals surface area (Å²) in [6.45, 7) is 2.71. The third-order valence-electron chi connectivity index (χ3n) is 3.70. The van der Waals surface area contributed by atoms with Crippen LogP contribution in [0.5, 0.6) is 0 Å². The van der Waals surface area contributed by atoms with E-state index in [-0.39, 0.29) is 11.7 Å². The number of benzene rings is 1. The Hall–Kier alpha value is -2.87. The monoisotopic (exact) mass is 309 g/mol. The number of pyridine rings is 1. The van der Waals surface area contributed by atoms with E-state index < -0.39 is 0 Å². The van der Waals surface area contributed by atoms with E-state index in [9.17, 15) is 9.18 Å². The molecule has 2 heterocycles. The number of hydrogen-bond acceptors (Lipinski definition) is 3. The van der Waals surface area contributed by atoms with Crippen LogP contribution in [-0.4, -0.2) is 42.0 Å². The van der Waals surface area contributed by atoms with Crippen molar-refractivity contribution in [3.63, 3.8) is 0 Å². The molecule has 0 aliphatic carbocycles. The summed E-state index contributed by atoms with van der Waals surface area (Å²) in [7, 11) is 0. The van der Waals surface area contributed by atoms with Crippen LogP contribution in [0.15, 0.2) is 48.7 Å². The maximum absolute atomic E-state index is 12.8. The van der Waals surface area contributed by atoms with Gasteiger partial charge in [0.05, 0.1) is 0 Å². The van der Waals surface area contributed by atoms with E-state index in [1.54, 1.807) is 23.2 Å². The first-order valence-electron chi connectivity index (χ1n) is 7.45. The molecule has 4 nitrogen and oxygen atoms in total. The lowest BCUT2D eigenvalue weighted by atomic mass is 10.2. The van der Waals surface area contributed by atoms with E-state index in [0.717, 1.165) is 18.9 Å². The quantitative estimate of drug-likeness (QED) is 0.755. The van der Waals surface area contributed by atoms with E-state index in [2.05, 4.69) is 21.7 Å². The summed E-state index contributed by atoms with van der Waals surface area (Å²) < 4.78 is 12.8. The molecule has 116 valence electrons. The molecule has 0 bridgehead atoms. The molecule has 0 saturated carbocycles. The minimum atomic E-state index is -0.312. The number of halogens is 1. The van der Waals surface area contributed by atoms with Gasteiger partial charge < -0.3 is 9.80 Å². The number of anilines is 1. The molecule has 0 unspecified atom stereocenters. The summed E-state index contributed by atoms with van der Waals surface area (Å²) in [5, 5.41) is 0. The van der Waals surface area contributed by atoms with Crippen molar-refractivity contribution in [2.75, 3.05) is 31.1 Å². The van der Waals surface area contributed by atoms with Crippen molar-refractivity contribution in [2.24, 2.45) is 0 Å². The molecule has 1 amide bonds. The summed E-state index contributed by atoms with van der Waals surface area (Å²) >= 11 is 0. The van der Waals surface area contributed by atoms with Crippen LogP contribution in [0.4, 0.5) is 10.2 Å². The normalized spacial score (nSPS) is 14.1. The van der Waals surface area contributed by atoms with Crippen molar-refractivity contribution in [1.29, 1.82) is 0 Å². The van der Waals surface area contributed by atoms with Crippen LogP contribution in [-0.2, 0) is 4.79 Å². The van der Waals surface area contributed by atoms with Gasteiger partial charge in [0.2, 0.25) is 0 Å². The second-order valence-electron chi connectivity index (χ2n) is 5.22. The summed E-state index contributed by atoms with van der Waals surface area (Å²) in [6, 6.07) is 11.6. The fraction of sp³-hybridized carbons (Fsp3) is 0.222. The number of hydrogen-bond donors (Lipinski definition) is 0. The first-order chi connectivity index (χ1) is 11.2. The van der Waals surface area contributed by atoms with Gasteiger partial charge in [0, 0.05) is 43.9 Å². The zero-order valence-corrected chi connectivity index (χ0v) is 12.6. The van der Waals surface area contributed by atoms with Gasteiger partial charge in [-0.2, -0.15) is 0 Å². The molecule has 5 heteroatoms. The van der Waals surface area contributed by atoms with Gasteiger partial charge in [-0.1, -0.05) is 12.0 Å². The van der Waals surface area contributed by atoms with E-state index in [0.29, 0.717) is 18.7 Å². The number of nitrogens with zero attached hydrogens (tertiary/aromatic N) is 3.